The van der Waals surface area contributed by atoms with Gasteiger partial charge in [0.25, 0.3) is 0 Å². The predicted octanol–water partition coefficient (Wildman–Crippen LogP) is 5.22. The first kappa shape index (κ1) is 17.9. The summed E-state index contributed by atoms with van der Waals surface area (Å²) in [5, 5.41) is 3.11. The van der Waals surface area contributed by atoms with Gasteiger partial charge in [0.1, 0.15) is 13.2 Å². The van der Waals surface area contributed by atoms with Crippen molar-refractivity contribution in [3.8, 4) is 22.6 Å². The molecule has 2 aromatic rings. The summed E-state index contributed by atoms with van der Waals surface area (Å²) in [6.45, 7) is 9.25. The van der Waals surface area contributed by atoms with Crippen LogP contribution < -0.4 is 14.8 Å². The van der Waals surface area contributed by atoms with E-state index in [4.69, 9.17) is 9.47 Å². The molecule has 0 bridgehead atoms. The van der Waals surface area contributed by atoms with Gasteiger partial charge in [-0.05, 0) is 35.4 Å². The summed E-state index contributed by atoms with van der Waals surface area (Å²) in [6, 6.07) is 14.4. The fourth-order valence-electron chi connectivity index (χ4n) is 2.05. The van der Waals surface area contributed by atoms with Crippen LogP contribution in [0.25, 0.3) is 11.1 Å². The highest BCUT2D eigenvalue weighted by atomic mass is 16.6. The molecule has 0 saturated heterocycles. The lowest BCUT2D eigenvalue weighted by Gasteiger charge is -2.19. The Kier molecular flexibility index (Phi) is 7.90. The molecule has 3 nitrogen and oxygen atoms in total. The minimum absolute atomic E-state index is 0.620. The summed E-state index contributed by atoms with van der Waals surface area (Å²) in [6.07, 6.45) is 0. The molecule has 0 atom stereocenters. The van der Waals surface area contributed by atoms with E-state index in [0.29, 0.717) is 13.2 Å². The van der Waals surface area contributed by atoms with Crippen LogP contribution in [0.1, 0.15) is 27.7 Å². The Hall–Kier alpha value is -2.16. The van der Waals surface area contributed by atoms with Gasteiger partial charge in [-0.1, -0.05) is 45.9 Å². The van der Waals surface area contributed by atoms with Crippen molar-refractivity contribution in [3.05, 3.63) is 42.5 Å². The number of anilines is 1. The Labute approximate surface area is 134 Å². The Morgan fingerprint density at radius 2 is 1.27 bits per heavy atom. The second-order valence-electron chi connectivity index (χ2n) is 4.19. The standard InChI is InChI=1S/C15H15NO2.2C2H6/c1-16-13-5-2-11(3-6-13)12-4-7-14-15(10-12)18-9-8-17-14;2*1-2/h2-7,10,16H,8-9H2,1H3;2*1-2H3. The molecule has 3 heteroatoms. The molecule has 0 amide bonds. The van der Waals surface area contributed by atoms with Crippen LogP contribution in [0.4, 0.5) is 5.69 Å². The molecule has 0 fully saturated rings. The van der Waals surface area contributed by atoms with Crippen LogP contribution in [0, 0.1) is 0 Å². The third-order valence-electron chi connectivity index (χ3n) is 3.05. The quantitative estimate of drug-likeness (QED) is 0.825. The first-order chi connectivity index (χ1) is 10.9. The van der Waals surface area contributed by atoms with E-state index < -0.39 is 0 Å². The number of hydrogen-bond donors (Lipinski definition) is 1. The lowest BCUT2D eigenvalue weighted by molar-refractivity contribution is 0.171. The van der Waals surface area contributed by atoms with Gasteiger partial charge in [0.2, 0.25) is 0 Å². The van der Waals surface area contributed by atoms with Crippen molar-refractivity contribution in [1.29, 1.82) is 0 Å². The molecule has 0 aliphatic carbocycles. The van der Waals surface area contributed by atoms with E-state index in [2.05, 4.69) is 35.6 Å². The summed E-state index contributed by atoms with van der Waals surface area (Å²) >= 11 is 0. The molecule has 120 valence electrons. The number of benzene rings is 2. The SMILES string of the molecule is CC.CC.CNc1ccc(-c2ccc3c(c2)OCCO3)cc1. The van der Waals surface area contributed by atoms with Gasteiger partial charge >= 0.3 is 0 Å². The highest BCUT2D eigenvalue weighted by Crippen LogP contribution is 2.34. The van der Waals surface area contributed by atoms with Gasteiger partial charge in [-0.2, -0.15) is 0 Å². The van der Waals surface area contributed by atoms with Crippen molar-refractivity contribution in [2.24, 2.45) is 0 Å². The normalized spacial score (nSPS) is 11.3. The van der Waals surface area contributed by atoms with E-state index in [1.54, 1.807) is 0 Å². The van der Waals surface area contributed by atoms with Crippen LogP contribution in [-0.2, 0) is 0 Å². The molecule has 0 aromatic heterocycles. The maximum atomic E-state index is 5.59. The fourth-order valence-corrected chi connectivity index (χ4v) is 2.05. The minimum Gasteiger partial charge on any atom is -0.486 e. The Bertz CT molecular complexity index is 550. The zero-order chi connectivity index (χ0) is 16.4. The van der Waals surface area contributed by atoms with Crippen molar-refractivity contribution in [1.82, 2.24) is 0 Å². The molecule has 0 saturated carbocycles. The highest BCUT2D eigenvalue weighted by molar-refractivity contribution is 5.69. The van der Waals surface area contributed by atoms with E-state index >= 15 is 0 Å². The Morgan fingerprint density at radius 1 is 0.727 bits per heavy atom. The molecule has 2 aromatic carbocycles. The summed E-state index contributed by atoms with van der Waals surface area (Å²) in [5.41, 5.74) is 3.42. The average molecular weight is 301 g/mol. The van der Waals surface area contributed by atoms with Gasteiger partial charge in [0, 0.05) is 12.7 Å². The molecular formula is C19H27NO2. The number of nitrogens with one attached hydrogen (secondary N) is 1. The van der Waals surface area contributed by atoms with Crippen molar-refractivity contribution in [2.75, 3.05) is 25.6 Å². The number of fused-ring (bicyclic) bond motifs is 1. The fraction of sp³-hybridized carbons (Fsp3) is 0.368. The minimum atomic E-state index is 0.620. The predicted molar refractivity (Wildman–Crippen MR) is 95.1 cm³/mol. The molecule has 1 aliphatic heterocycles. The zero-order valence-corrected chi connectivity index (χ0v) is 14.3. The van der Waals surface area contributed by atoms with Crippen molar-refractivity contribution in [2.45, 2.75) is 27.7 Å². The van der Waals surface area contributed by atoms with Crippen molar-refractivity contribution >= 4 is 5.69 Å². The molecule has 3 rings (SSSR count). The molecule has 1 aliphatic rings. The summed E-state index contributed by atoms with van der Waals surface area (Å²) in [5.74, 6) is 1.66. The van der Waals surface area contributed by atoms with E-state index in [0.717, 1.165) is 22.7 Å². The second kappa shape index (κ2) is 9.72. The van der Waals surface area contributed by atoms with Crippen LogP contribution >= 0.6 is 0 Å². The molecule has 0 spiro atoms. The Balaban J connectivity index is 0.000000561. The van der Waals surface area contributed by atoms with Crippen LogP contribution in [0.3, 0.4) is 0 Å². The second-order valence-corrected chi connectivity index (χ2v) is 4.19. The van der Waals surface area contributed by atoms with Crippen LogP contribution in [0.15, 0.2) is 42.5 Å². The zero-order valence-electron chi connectivity index (χ0n) is 14.3. The van der Waals surface area contributed by atoms with Crippen molar-refractivity contribution in [3.63, 3.8) is 0 Å². The molecule has 0 unspecified atom stereocenters. The van der Waals surface area contributed by atoms with Crippen LogP contribution in [-0.4, -0.2) is 20.3 Å². The van der Waals surface area contributed by atoms with Crippen LogP contribution in [0.5, 0.6) is 11.5 Å². The third-order valence-corrected chi connectivity index (χ3v) is 3.05. The maximum absolute atomic E-state index is 5.59. The summed E-state index contributed by atoms with van der Waals surface area (Å²) in [4.78, 5) is 0. The van der Waals surface area contributed by atoms with Crippen molar-refractivity contribution < 1.29 is 9.47 Å². The van der Waals surface area contributed by atoms with Gasteiger partial charge < -0.3 is 14.8 Å². The molecule has 1 heterocycles. The first-order valence-electron chi connectivity index (χ1n) is 8.04. The third kappa shape index (κ3) is 4.42. The van der Waals surface area contributed by atoms with E-state index in [-0.39, 0.29) is 0 Å². The first-order valence-corrected chi connectivity index (χ1v) is 8.04. The number of ether oxygens (including phenoxy) is 2. The highest BCUT2D eigenvalue weighted by Gasteiger charge is 2.12. The smallest absolute Gasteiger partial charge is 0.161 e. The molecule has 22 heavy (non-hydrogen) atoms. The van der Waals surface area contributed by atoms with Crippen LogP contribution in [0.2, 0.25) is 0 Å². The van der Waals surface area contributed by atoms with E-state index in [9.17, 15) is 0 Å². The topological polar surface area (TPSA) is 30.5 Å². The van der Waals surface area contributed by atoms with Gasteiger partial charge in [-0.25, -0.2) is 0 Å². The van der Waals surface area contributed by atoms with Gasteiger partial charge in [-0.3, -0.25) is 0 Å². The number of hydrogen-bond acceptors (Lipinski definition) is 3. The summed E-state index contributed by atoms with van der Waals surface area (Å²) in [7, 11) is 1.92. The summed E-state index contributed by atoms with van der Waals surface area (Å²) < 4.78 is 11.1. The monoisotopic (exact) mass is 301 g/mol. The molecule has 1 N–H and O–H groups in total. The molecule has 0 radical (unpaired) electrons. The number of rotatable bonds is 2. The van der Waals surface area contributed by atoms with Gasteiger partial charge in [0.05, 0.1) is 0 Å². The lowest BCUT2D eigenvalue weighted by atomic mass is 10.0. The van der Waals surface area contributed by atoms with E-state index in [1.165, 1.54) is 5.56 Å². The Morgan fingerprint density at radius 3 is 1.86 bits per heavy atom. The van der Waals surface area contributed by atoms with E-state index in [1.807, 2.05) is 46.9 Å². The lowest BCUT2D eigenvalue weighted by Crippen LogP contribution is -2.15. The van der Waals surface area contributed by atoms with Gasteiger partial charge in [-0.15, -0.1) is 0 Å². The maximum Gasteiger partial charge on any atom is 0.161 e. The average Bonchev–Trinajstić information content (AvgIpc) is 2.65. The largest absolute Gasteiger partial charge is 0.486 e. The molecular weight excluding hydrogens is 274 g/mol. The van der Waals surface area contributed by atoms with Gasteiger partial charge in [0.15, 0.2) is 11.5 Å².